The highest BCUT2D eigenvalue weighted by atomic mass is 16.8. The van der Waals surface area contributed by atoms with E-state index in [2.05, 4.69) is 33.8 Å². The molecule has 0 aromatic heterocycles. The van der Waals surface area contributed by atoms with Crippen molar-refractivity contribution >= 4 is 11.9 Å². The van der Waals surface area contributed by atoms with Crippen molar-refractivity contribution < 1.29 is 64.3 Å². The summed E-state index contributed by atoms with van der Waals surface area (Å²) in [6.07, 6.45) is -2.97. The molecule has 7 aliphatic rings. The second kappa shape index (κ2) is 13.5. The summed E-state index contributed by atoms with van der Waals surface area (Å²) < 4.78 is 24.3. The third kappa shape index (κ3) is 5.97. The highest BCUT2D eigenvalue weighted by Crippen LogP contribution is 2.72. The normalized spacial score (nSPS) is 53.6. The van der Waals surface area contributed by atoms with Gasteiger partial charge in [0.2, 0.25) is 0 Å². The number of hydrogen-bond acceptors (Lipinski definition) is 11. The third-order valence-corrected chi connectivity index (χ3v) is 16.3. The van der Waals surface area contributed by atoms with Gasteiger partial charge < -0.3 is 54.7 Å². The Balaban J connectivity index is 1.12. The molecule has 0 amide bonds. The lowest BCUT2D eigenvalue weighted by molar-refractivity contribution is -0.364. The number of carboxylic acids is 2. The Labute approximate surface area is 312 Å². The molecule has 6 fully saturated rings. The summed E-state index contributed by atoms with van der Waals surface area (Å²) in [6.45, 7) is 12.3. The molecule has 53 heavy (non-hydrogen) atoms. The predicted molar refractivity (Wildman–Crippen MR) is 188 cm³/mol. The molecule has 2 saturated heterocycles. The number of fused-ring (bicyclic) bond motifs is 7. The molecule has 0 spiro atoms. The van der Waals surface area contributed by atoms with Crippen LogP contribution < -0.4 is 0 Å². The Hall–Kier alpha value is -1.68. The first kappa shape index (κ1) is 39.6. The van der Waals surface area contributed by atoms with Gasteiger partial charge in [-0.2, -0.15) is 0 Å². The lowest BCUT2D eigenvalue weighted by Crippen LogP contribution is -2.64. The minimum absolute atomic E-state index is 0.0486. The molecule has 300 valence electrons. The fraction of sp³-hybridized carbons (Fsp3) is 0.900. The van der Waals surface area contributed by atoms with Gasteiger partial charge in [0, 0.05) is 0 Å². The van der Waals surface area contributed by atoms with Gasteiger partial charge in [-0.1, -0.05) is 39.3 Å². The molecule has 0 aromatic rings. The van der Waals surface area contributed by atoms with Crippen LogP contribution in [-0.2, 0) is 28.5 Å². The fourth-order valence-electron chi connectivity index (χ4n) is 12.9. The summed E-state index contributed by atoms with van der Waals surface area (Å²) in [5.41, 5.74) is -1.28. The molecule has 7 N–H and O–H groups in total. The molecule has 18 unspecified atom stereocenters. The molecular weight excluding hydrogens is 688 g/mol. The first-order valence-electron chi connectivity index (χ1n) is 19.9. The van der Waals surface area contributed by atoms with Gasteiger partial charge in [-0.25, -0.2) is 0 Å². The number of rotatable bonds is 6. The second-order valence-corrected chi connectivity index (χ2v) is 19.3. The first-order valence-corrected chi connectivity index (χ1v) is 19.9. The topological polar surface area (TPSA) is 213 Å². The highest BCUT2D eigenvalue weighted by Gasteiger charge is 2.67. The molecule has 0 radical (unpaired) electrons. The minimum Gasteiger partial charge on any atom is -0.481 e. The number of hydrogen-bond donors (Lipinski definition) is 7. The zero-order chi connectivity index (χ0) is 38.6. The Morgan fingerprint density at radius 3 is 2.15 bits per heavy atom. The molecule has 2 heterocycles. The summed E-state index contributed by atoms with van der Waals surface area (Å²) in [6, 6.07) is 0. The summed E-state index contributed by atoms with van der Waals surface area (Å²) in [5, 5.41) is 73.6. The fourth-order valence-corrected chi connectivity index (χ4v) is 12.9. The van der Waals surface area contributed by atoms with Crippen LogP contribution in [-0.4, -0.2) is 116 Å². The van der Waals surface area contributed by atoms with Crippen molar-refractivity contribution in [3.8, 4) is 0 Å². The first-order chi connectivity index (χ1) is 24.7. The monoisotopic (exact) mass is 750 g/mol. The zero-order valence-corrected chi connectivity index (χ0v) is 32.0. The number of allylic oxidation sites excluding steroid dienone is 2. The van der Waals surface area contributed by atoms with Crippen LogP contribution in [0.2, 0.25) is 0 Å². The van der Waals surface area contributed by atoms with Gasteiger partial charge in [0.1, 0.15) is 36.6 Å². The van der Waals surface area contributed by atoms with E-state index in [4.69, 9.17) is 18.9 Å². The number of aliphatic hydroxyl groups excluding tert-OH is 5. The largest absolute Gasteiger partial charge is 0.481 e. The number of aliphatic hydroxyl groups is 5. The van der Waals surface area contributed by atoms with Crippen LogP contribution in [0.15, 0.2) is 11.6 Å². The number of ether oxygens (including phenoxy) is 4. The van der Waals surface area contributed by atoms with Gasteiger partial charge in [0.05, 0.1) is 29.6 Å². The maximum atomic E-state index is 13.0. The van der Waals surface area contributed by atoms with Crippen molar-refractivity contribution in [1.29, 1.82) is 0 Å². The Morgan fingerprint density at radius 1 is 0.774 bits per heavy atom. The quantitative estimate of drug-likeness (QED) is 0.154. The van der Waals surface area contributed by atoms with Gasteiger partial charge in [-0.15, -0.1) is 0 Å². The van der Waals surface area contributed by atoms with Crippen LogP contribution in [0.5, 0.6) is 0 Å². The lowest BCUT2D eigenvalue weighted by Gasteiger charge is -2.67. The predicted octanol–water partition coefficient (Wildman–Crippen LogP) is 3.22. The van der Waals surface area contributed by atoms with Crippen LogP contribution in [0.3, 0.4) is 0 Å². The average Bonchev–Trinajstić information content (AvgIpc) is 3.10. The Bertz CT molecular complexity index is 1470. The Kier molecular flexibility index (Phi) is 10.1. The summed E-state index contributed by atoms with van der Waals surface area (Å²) in [4.78, 5) is 25.4. The smallest absolute Gasteiger partial charge is 0.310 e. The van der Waals surface area contributed by atoms with Crippen LogP contribution in [0.25, 0.3) is 0 Å². The van der Waals surface area contributed by atoms with E-state index in [0.29, 0.717) is 43.9 Å². The molecule has 0 bridgehead atoms. The maximum absolute atomic E-state index is 13.0. The van der Waals surface area contributed by atoms with Crippen molar-refractivity contribution in [2.24, 2.45) is 50.7 Å². The van der Waals surface area contributed by atoms with Crippen LogP contribution in [0, 0.1) is 50.7 Å². The van der Waals surface area contributed by atoms with Crippen molar-refractivity contribution in [3.05, 3.63) is 11.6 Å². The van der Waals surface area contributed by atoms with Crippen LogP contribution >= 0.6 is 0 Å². The van der Waals surface area contributed by atoms with Gasteiger partial charge in [0.15, 0.2) is 12.6 Å². The van der Waals surface area contributed by atoms with E-state index in [9.17, 15) is 45.3 Å². The van der Waals surface area contributed by atoms with Gasteiger partial charge in [-0.3, -0.25) is 9.59 Å². The summed E-state index contributed by atoms with van der Waals surface area (Å²) in [5.74, 6) is -0.967. The third-order valence-electron chi connectivity index (χ3n) is 16.3. The molecule has 0 aromatic carbocycles. The van der Waals surface area contributed by atoms with E-state index >= 15 is 0 Å². The summed E-state index contributed by atoms with van der Waals surface area (Å²) >= 11 is 0. The Morgan fingerprint density at radius 2 is 1.47 bits per heavy atom. The maximum Gasteiger partial charge on any atom is 0.310 e. The van der Waals surface area contributed by atoms with Gasteiger partial charge in [0.25, 0.3) is 0 Å². The molecular formula is C40H62O13. The molecule has 13 heteroatoms. The van der Waals surface area contributed by atoms with E-state index in [1.54, 1.807) is 6.92 Å². The lowest BCUT2D eigenvalue weighted by atomic mass is 9.38. The van der Waals surface area contributed by atoms with Crippen molar-refractivity contribution in [2.75, 3.05) is 6.61 Å². The number of carboxylic acid groups (broad SMARTS) is 2. The standard InChI is InChI=1S/C40H62O13/c1-19-27(42)29(44)30(45)32(51-19)53-31-28(43)24(41)18-50-33(31)52-26-11-12-39(6)21-7-8-22-23-17-37(4,34(46)47)13-15-40(23,35(48)49)16-14-38(22,5)20(21)9-10-25(39)36(26,2)3/h8,19-21,23-33,41-45H,7,9-18H2,1-6H3,(H,46,47)(H,48,49). The van der Waals surface area contributed by atoms with Crippen molar-refractivity contribution in [1.82, 2.24) is 0 Å². The molecule has 7 rings (SSSR count). The second-order valence-electron chi connectivity index (χ2n) is 19.3. The van der Waals surface area contributed by atoms with Crippen molar-refractivity contribution in [2.45, 2.75) is 167 Å². The van der Waals surface area contributed by atoms with Crippen LogP contribution in [0.1, 0.15) is 106 Å². The van der Waals surface area contributed by atoms with E-state index in [1.807, 2.05) is 0 Å². The molecule has 13 nitrogen and oxygen atoms in total. The number of aliphatic carboxylic acids is 2. The zero-order valence-electron chi connectivity index (χ0n) is 32.0. The van der Waals surface area contributed by atoms with E-state index in [1.165, 1.54) is 12.5 Å². The molecule has 18 atom stereocenters. The highest BCUT2D eigenvalue weighted by molar-refractivity contribution is 5.79. The molecule has 5 aliphatic carbocycles. The summed E-state index contributed by atoms with van der Waals surface area (Å²) in [7, 11) is 0. The van der Waals surface area contributed by atoms with E-state index in [0.717, 1.165) is 32.1 Å². The number of carbonyl (C=O) groups is 2. The van der Waals surface area contributed by atoms with Crippen molar-refractivity contribution in [3.63, 3.8) is 0 Å². The van der Waals surface area contributed by atoms with E-state index in [-0.39, 0.29) is 40.8 Å². The van der Waals surface area contributed by atoms with Gasteiger partial charge in [-0.05, 0) is 118 Å². The van der Waals surface area contributed by atoms with Gasteiger partial charge >= 0.3 is 11.9 Å². The van der Waals surface area contributed by atoms with Crippen LogP contribution in [0.4, 0.5) is 0 Å². The molecule has 2 aliphatic heterocycles. The molecule has 4 saturated carbocycles. The van der Waals surface area contributed by atoms with E-state index < -0.39 is 78.1 Å². The SMILES string of the molecule is CC1OC(OC2C(OC3CCC4(C)C5CC=C6C7CC(C)(C(=O)O)CCC7(C(=O)O)CCC6(C)C5CCC4C3(C)C)OCC(O)C2O)C(O)C(O)C1O. The minimum atomic E-state index is -1.61. The average molecular weight is 751 g/mol.